The average Bonchev–Trinajstić information content (AvgIpc) is 2.93. The van der Waals surface area contributed by atoms with Gasteiger partial charge in [-0.2, -0.15) is 0 Å². The Kier molecular flexibility index (Phi) is 2.93. The molecular weight excluding hydrogens is 270 g/mol. The third-order valence-electron chi connectivity index (χ3n) is 2.74. The van der Waals surface area contributed by atoms with E-state index in [0.717, 1.165) is 29.9 Å². The Morgan fingerprint density at radius 1 is 1.50 bits per heavy atom. The summed E-state index contributed by atoms with van der Waals surface area (Å²) >= 11 is 11.2. The van der Waals surface area contributed by atoms with Gasteiger partial charge >= 0.3 is 0 Å². The minimum absolute atomic E-state index is 0.594. The molecule has 3 rings (SSSR count). The Hall–Kier alpha value is -1.59. The van der Waals surface area contributed by atoms with Crippen LogP contribution in [0.1, 0.15) is 5.76 Å². The smallest absolute Gasteiger partial charge is 0.179 e. The molecule has 0 saturated heterocycles. The van der Waals surface area contributed by atoms with Crippen molar-refractivity contribution in [3.63, 3.8) is 0 Å². The van der Waals surface area contributed by atoms with Crippen molar-refractivity contribution in [2.75, 3.05) is 0 Å². The van der Waals surface area contributed by atoms with Crippen LogP contribution in [0.2, 0.25) is 5.02 Å². The Labute approximate surface area is 113 Å². The largest absolute Gasteiger partial charge is 0.469 e. The van der Waals surface area contributed by atoms with Crippen LogP contribution in [-0.2, 0) is 13.0 Å². The van der Waals surface area contributed by atoms with Gasteiger partial charge in [0.1, 0.15) is 5.76 Å². The van der Waals surface area contributed by atoms with Gasteiger partial charge in [0.05, 0.1) is 16.8 Å². The van der Waals surface area contributed by atoms with E-state index in [1.165, 1.54) is 0 Å². The van der Waals surface area contributed by atoms with E-state index in [9.17, 15) is 0 Å². The van der Waals surface area contributed by atoms with Crippen LogP contribution in [0.15, 0.2) is 35.1 Å². The number of H-pyrrole nitrogens is 1. The summed E-state index contributed by atoms with van der Waals surface area (Å²) in [6.45, 7) is 0.723. The van der Waals surface area contributed by atoms with Crippen LogP contribution in [0.5, 0.6) is 0 Å². The fourth-order valence-corrected chi connectivity index (χ4v) is 2.35. The molecule has 0 unspecified atom stereocenters. The van der Waals surface area contributed by atoms with E-state index in [1.807, 2.05) is 22.8 Å². The molecule has 0 radical (unpaired) electrons. The minimum atomic E-state index is 0.594. The van der Waals surface area contributed by atoms with Crippen molar-refractivity contribution in [3.8, 4) is 0 Å². The molecule has 0 atom stereocenters. The van der Waals surface area contributed by atoms with Crippen LogP contribution < -0.4 is 0 Å². The van der Waals surface area contributed by atoms with Gasteiger partial charge in [-0.3, -0.25) is 0 Å². The minimum Gasteiger partial charge on any atom is -0.469 e. The van der Waals surface area contributed by atoms with Crippen LogP contribution in [0, 0.1) is 4.77 Å². The Morgan fingerprint density at radius 2 is 2.39 bits per heavy atom. The number of hydrogen-bond donors (Lipinski definition) is 1. The van der Waals surface area contributed by atoms with E-state index in [-0.39, 0.29) is 0 Å². The monoisotopic (exact) mass is 279 g/mol. The molecule has 1 N–H and O–H groups in total. The predicted molar refractivity (Wildman–Crippen MR) is 72.3 cm³/mol. The normalized spacial score (nSPS) is 11.2. The Morgan fingerprint density at radius 3 is 3.17 bits per heavy atom. The number of rotatable bonds is 3. The number of furan rings is 1. The summed E-state index contributed by atoms with van der Waals surface area (Å²) in [7, 11) is 0. The number of aromatic amines is 1. The number of nitrogens with zero attached hydrogens (tertiary/aromatic N) is 2. The lowest BCUT2D eigenvalue weighted by atomic mass is 10.3. The molecule has 0 saturated carbocycles. The van der Waals surface area contributed by atoms with Crippen molar-refractivity contribution in [2.45, 2.75) is 13.0 Å². The van der Waals surface area contributed by atoms with E-state index in [4.69, 9.17) is 28.2 Å². The quantitative estimate of drug-likeness (QED) is 0.746. The van der Waals surface area contributed by atoms with Crippen molar-refractivity contribution in [1.82, 2.24) is 14.5 Å². The molecule has 3 aromatic heterocycles. The van der Waals surface area contributed by atoms with Crippen molar-refractivity contribution < 1.29 is 4.42 Å². The molecule has 0 aromatic carbocycles. The maximum absolute atomic E-state index is 5.90. The van der Waals surface area contributed by atoms with E-state index in [1.54, 1.807) is 12.5 Å². The maximum atomic E-state index is 5.90. The highest BCUT2D eigenvalue weighted by molar-refractivity contribution is 7.71. The molecule has 0 aliphatic carbocycles. The zero-order valence-electron chi connectivity index (χ0n) is 9.39. The number of aromatic nitrogens is 3. The summed E-state index contributed by atoms with van der Waals surface area (Å²) in [6, 6.07) is 5.65. The third-order valence-corrected chi connectivity index (χ3v) is 3.27. The lowest BCUT2D eigenvalue weighted by molar-refractivity contribution is 0.492. The summed E-state index contributed by atoms with van der Waals surface area (Å²) in [6.07, 6.45) is 4.07. The molecule has 0 aliphatic rings. The first kappa shape index (κ1) is 11.5. The van der Waals surface area contributed by atoms with Crippen LogP contribution in [0.3, 0.4) is 0 Å². The molecule has 6 heteroatoms. The molecule has 92 valence electrons. The molecule has 3 aromatic rings. The van der Waals surface area contributed by atoms with Crippen molar-refractivity contribution in [2.24, 2.45) is 0 Å². The Bertz CT molecular complexity index is 729. The zero-order chi connectivity index (χ0) is 12.5. The molecule has 0 fully saturated rings. The summed E-state index contributed by atoms with van der Waals surface area (Å²) in [4.78, 5) is 7.40. The lowest BCUT2D eigenvalue weighted by Gasteiger charge is -2.01. The number of pyridine rings is 1. The molecule has 0 amide bonds. The van der Waals surface area contributed by atoms with Gasteiger partial charge < -0.3 is 14.0 Å². The molecule has 18 heavy (non-hydrogen) atoms. The van der Waals surface area contributed by atoms with Crippen LogP contribution in [0.25, 0.3) is 11.2 Å². The third kappa shape index (κ3) is 2.07. The van der Waals surface area contributed by atoms with Gasteiger partial charge in [0.2, 0.25) is 0 Å². The van der Waals surface area contributed by atoms with Crippen molar-refractivity contribution in [1.29, 1.82) is 0 Å². The second kappa shape index (κ2) is 4.59. The number of aryl methyl sites for hydroxylation is 2. The SMILES string of the molecule is S=c1[nH]c2cc(Cl)cnc2n1CCc1ccco1. The van der Waals surface area contributed by atoms with Gasteiger partial charge in [0, 0.05) is 19.2 Å². The molecule has 0 spiro atoms. The number of fused-ring (bicyclic) bond motifs is 1. The summed E-state index contributed by atoms with van der Waals surface area (Å²) in [5.41, 5.74) is 1.67. The van der Waals surface area contributed by atoms with E-state index >= 15 is 0 Å². The zero-order valence-corrected chi connectivity index (χ0v) is 11.0. The summed E-state index contributed by atoms with van der Waals surface area (Å²) in [5.74, 6) is 0.931. The summed E-state index contributed by atoms with van der Waals surface area (Å²) < 4.78 is 7.90. The molecule has 0 aliphatic heterocycles. The van der Waals surface area contributed by atoms with Crippen molar-refractivity contribution in [3.05, 3.63) is 46.2 Å². The van der Waals surface area contributed by atoms with Crippen LogP contribution >= 0.6 is 23.8 Å². The fraction of sp³-hybridized carbons (Fsp3) is 0.167. The number of halogens is 1. The second-order valence-corrected chi connectivity index (χ2v) is 4.76. The average molecular weight is 280 g/mol. The molecule has 4 nitrogen and oxygen atoms in total. The van der Waals surface area contributed by atoms with Gasteiger partial charge in [0.25, 0.3) is 0 Å². The first-order chi connectivity index (χ1) is 8.74. The Balaban J connectivity index is 1.96. The second-order valence-electron chi connectivity index (χ2n) is 3.94. The lowest BCUT2D eigenvalue weighted by Crippen LogP contribution is -2.01. The van der Waals surface area contributed by atoms with Crippen LogP contribution in [0.4, 0.5) is 0 Å². The topological polar surface area (TPSA) is 46.8 Å². The number of imidazole rings is 1. The first-order valence-electron chi connectivity index (χ1n) is 5.50. The highest BCUT2D eigenvalue weighted by atomic mass is 35.5. The highest BCUT2D eigenvalue weighted by Crippen LogP contribution is 2.17. The van der Waals surface area contributed by atoms with Crippen LogP contribution in [-0.4, -0.2) is 14.5 Å². The summed E-state index contributed by atoms with van der Waals surface area (Å²) in [5, 5.41) is 0.594. The van der Waals surface area contributed by atoms with Gasteiger partial charge in [-0.1, -0.05) is 11.6 Å². The van der Waals surface area contributed by atoms with Gasteiger partial charge in [-0.05, 0) is 30.4 Å². The number of hydrogen-bond acceptors (Lipinski definition) is 3. The van der Waals surface area contributed by atoms with E-state index < -0.39 is 0 Å². The highest BCUT2D eigenvalue weighted by Gasteiger charge is 2.07. The van der Waals surface area contributed by atoms with Crippen molar-refractivity contribution >= 4 is 35.0 Å². The van der Waals surface area contributed by atoms with E-state index in [2.05, 4.69) is 9.97 Å². The molecule has 0 bridgehead atoms. The molecular formula is C12H10ClN3OS. The van der Waals surface area contributed by atoms with Gasteiger partial charge in [-0.15, -0.1) is 0 Å². The van der Waals surface area contributed by atoms with E-state index in [0.29, 0.717) is 9.79 Å². The van der Waals surface area contributed by atoms with Gasteiger partial charge in [0.15, 0.2) is 10.4 Å². The molecule has 3 heterocycles. The number of nitrogens with one attached hydrogen (secondary N) is 1. The first-order valence-corrected chi connectivity index (χ1v) is 6.29. The maximum Gasteiger partial charge on any atom is 0.179 e. The predicted octanol–water partition coefficient (Wildman–Crippen LogP) is 3.58. The fourth-order valence-electron chi connectivity index (χ4n) is 1.90. The standard InChI is InChI=1S/C12H10ClN3OS/c13-8-6-10-11(14-7-8)16(12(18)15-10)4-3-9-2-1-5-17-9/h1-2,5-7H,3-4H2,(H,15,18). The van der Waals surface area contributed by atoms with Gasteiger partial charge in [-0.25, -0.2) is 4.98 Å².